The van der Waals surface area contributed by atoms with E-state index in [9.17, 15) is 0 Å². The summed E-state index contributed by atoms with van der Waals surface area (Å²) in [7, 11) is 2.35. The number of rotatable bonds is 5. The van der Waals surface area contributed by atoms with Crippen LogP contribution in [-0.4, -0.2) is 36.3 Å². The molecule has 0 radical (unpaired) electrons. The number of nitrogens with one attached hydrogen (secondary N) is 1. The molecule has 0 aromatic heterocycles. The molecule has 0 saturated heterocycles. The maximum absolute atomic E-state index is 5.32. The van der Waals surface area contributed by atoms with Gasteiger partial charge in [0.1, 0.15) is 0 Å². The van der Waals surface area contributed by atoms with Crippen molar-refractivity contribution < 1.29 is 13.3 Å². The molecule has 0 heterocycles. The van der Waals surface area contributed by atoms with E-state index in [1.165, 1.54) is 32.1 Å². The van der Waals surface area contributed by atoms with E-state index in [-0.39, 0.29) is 0 Å². The highest BCUT2D eigenvalue weighted by atomic mass is 28.4. The van der Waals surface area contributed by atoms with Crippen molar-refractivity contribution >= 4 is 8.97 Å². The predicted octanol–water partition coefficient (Wildman–Crippen LogP) is 1.28. The van der Waals surface area contributed by atoms with Crippen LogP contribution in [0, 0.1) is 0 Å². The van der Waals surface area contributed by atoms with E-state index < -0.39 is 8.97 Å². The quantitative estimate of drug-likeness (QED) is 0.707. The third kappa shape index (κ3) is 3.03. The average Bonchev–Trinajstić information content (AvgIpc) is 2.28. The molecule has 0 aromatic rings. The van der Waals surface area contributed by atoms with E-state index >= 15 is 0 Å². The molecular formula is C9H21NO3Si. The summed E-state index contributed by atoms with van der Waals surface area (Å²) in [6.45, 7) is 0. The molecule has 1 saturated carbocycles. The summed E-state index contributed by atoms with van der Waals surface area (Å²) < 4.78 is 16.0. The minimum atomic E-state index is -2.55. The first kappa shape index (κ1) is 12.1. The molecule has 14 heavy (non-hydrogen) atoms. The summed E-state index contributed by atoms with van der Waals surface area (Å²) in [6.07, 6.45) is 6.33. The largest absolute Gasteiger partial charge is 0.596 e. The van der Waals surface area contributed by atoms with Gasteiger partial charge in [-0.15, -0.1) is 0 Å². The van der Waals surface area contributed by atoms with Gasteiger partial charge in [0.2, 0.25) is 0 Å². The van der Waals surface area contributed by atoms with E-state index in [0.717, 1.165) is 0 Å². The van der Waals surface area contributed by atoms with Crippen LogP contribution in [0.15, 0.2) is 0 Å². The van der Waals surface area contributed by atoms with Crippen molar-refractivity contribution in [1.82, 2.24) is 4.98 Å². The lowest BCUT2D eigenvalue weighted by Gasteiger charge is -2.31. The van der Waals surface area contributed by atoms with E-state index in [2.05, 4.69) is 4.98 Å². The average molecular weight is 219 g/mol. The third-order valence-electron chi connectivity index (χ3n) is 2.79. The van der Waals surface area contributed by atoms with Crippen LogP contribution in [0.5, 0.6) is 0 Å². The van der Waals surface area contributed by atoms with Crippen LogP contribution in [0.25, 0.3) is 0 Å². The Bertz CT molecular complexity index is 150. The van der Waals surface area contributed by atoms with Gasteiger partial charge in [-0.25, -0.2) is 0 Å². The van der Waals surface area contributed by atoms with Crippen molar-refractivity contribution in [2.45, 2.75) is 38.1 Å². The van der Waals surface area contributed by atoms with Gasteiger partial charge in [-0.3, -0.25) is 4.98 Å². The minimum Gasteiger partial charge on any atom is -0.364 e. The summed E-state index contributed by atoms with van der Waals surface area (Å²) in [5.74, 6) is 0. The van der Waals surface area contributed by atoms with Gasteiger partial charge >= 0.3 is 8.97 Å². The summed E-state index contributed by atoms with van der Waals surface area (Å²) >= 11 is 0. The van der Waals surface area contributed by atoms with Crippen LogP contribution in [0.2, 0.25) is 0 Å². The van der Waals surface area contributed by atoms with Gasteiger partial charge in [0, 0.05) is 27.4 Å². The molecule has 1 fully saturated rings. The Morgan fingerprint density at radius 2 is 1.43 bits per heavy atom. The Hall–Kier alpha value is 0.0569. The molecule has 4 nitrogen and oxygen atoms in total. The van der Waals surface area contributed by atoms with Crippen molar-refractivity contribution in [2.75, 3.05) is 21.3 Å². The molecule has 1 aliphatic rings. The molecule has 1 rings (SSSR count). The highest BCUT2D eigenvalue weighted by molar-refractivity contribution is 6.57. The summed E-state index contributed by atoms with van der Waals surface area (Å²) in [5, 5.41) is 0. The highest BCUT2D eigenvalue weighted by Gasteiger charge is 2.41. The molecule has 0 aromatic carbocycles. The lowest BCUT2D eigenvalue weighted by atomic mass is 9.96. The van der Waals surface area contributed by atoms with Crippen LogP contribution >= 0.6 is 0 Å². The van der Waals surface area contributed by atoms with Crippen LogP contribution in [0.1, 0.15) is 32.1 Å². The van der Waals surface area contributed by atoms with Gasteiger partial charge in [0.25, 0.3) is 0 Å². The molecule has 1 N–H and O–H groups in total. The maximum atomic E-state index is 5.32. The van der Waals surface area contributed by atoms with Gasteiger partial charge in [0.05, 0.1) is 0 Å². The van der Waals surface area contributed by atoms with Crippen LogP contribution in [0.4, 0.5) is 0 Å². The fraction of sp³-hybridized carbons (Fsp3) is 1.00. The normalized spacial score (nSPS) is 19.9. The molecular weight excluding hydrogens is 198 g/mol. The minimum absolute atomic E-state index is 0.496. The highest BCUT2D eigenvalue weighted by Crippen LogP contribution is 2.19. The molecule has 84 valence electrons. The lowest BCUT2D eigenvalue weighted by Crippen LogP contribution is -2.60. The second-order valence-electron chi connectivity index (χ2n) is 3.65. The number of hydrogen-bond donors (Lipinski definition) is 1. The van der Waals surface area contributed by atoms with Gasteiger partial charge in [0.15, 0.2) is 0 Å². The van der Waals surface area contributed by atoms with Gasteiger partial charge in [-0.1, -0.05) is 19.3 Å². The van der Waals surface area contributed by atoms with E-state index in [0.29, 0.717) is 6.04 Å². The predicted molar refractivity (Wildman–Crippen MR) is 56.8 cm³/mol. The standard InChI is InChI=1S/C9H21NO3Si/c1-11-14(12-2,13-3)10-9-7-5-4-6-8-9/h9-10H,4-8H2,1-3H3. The second kappa shape index (κ2) is 5.82. The van der Waals surface area contributed by atoms with Gasteiger partial charge in [-0.05, 0) is 12.8 Å². The summed E-state index contributed by atoms with van der Waals surface area (Å²) in [6, 6.07) is 0.496. The Morgan fingerprint density at radius 1 is 0.929 bits per heavy atom. The van der Waals surface area contributed by atoms with E-state index in [1.54, 1.807) is 21.3 Å². The first-order valence-corrected chi connectivity index (χ1v) is 6.92. The van der Waals surface area contributed by atoms with Gasteiger partial charge in [-0.2, -0.15) is 0 Å². The molecule has 0 bridgehead atoms. The number of hydrogen-bond acceptors (Lipinski definition) is 4. The molecule has 0 unspecified atom stereocenters. The monoisotopic (exact) mass is 219 g/mol. The van der Waals surface area contributed by atoms with Crippen molar-refractivity contribution in [1.29, 1.82) is 0 Å². The molecule has 0 aliphatic heterocycles. The topological polar surface area (TPSA) is 39.7 Å². The smallest absolute Gasteiger partial charge is 0.364 e. The van der Waals surface area contributed by atoms with Gasteiger partial charge < -0.3 is 13.3 Å². The zero-order valence-electron chi connectivity index (χ0n) is 9.34. The fourth-order valence-corrected chi connectivity index (χ4v) is 3.57. The third-order valence-corrected chi connectivity index (χ3v) is 5.17. The van der Waals surface area contributed by atoms with Crippen molar-refractivity contribution in [2.24, 2.45) is 0 Å². The Kier molecular flexibility index (Phi) is 5.04. The molecule has 1 aliphatic carbocycles. The van der Waals surface area contributed by atoms with Crippen molar-refractivity contribution in [3.8, 4) is 0 Å². The van der Waals surface area contributed by atoms with E-state index in [4.69, 9.17) is 13.3 Å². The second-order valence-corrected chi connectivity index (χ2v) is 6.27. The lowest BCUT2D eigenvalue weighted by molar-refractivity contribution is 0.102. The first-order chi connectivity index (χ1) is 6.76. The van der Waals surface area contributed by atoms with Crippen LogP contribution in [-0.2, 0) is 13.3 Å². The van der Waals surface area contributed by atoms with Crippen LogP contribution < -0.4 is 4.98 Å². The molecule has 0 atom stereocenters. The first-order valence-electron chi connectivity index (χ1n) is 5.19. The summed E-state index contributed by atoms with van der Waals surface area (Å²) in [5.41, 5.74) is 0. The van der Waals surface area contributed by atoms with E-state index in [1.807, 2.05) is 0 Å². The zero-order valence-corrected chi connectivity index (χ0v) is 10.3. The molecule has 0 amide bonds. The fourth-order valence-electron chi connectivity index (χ4n) is 1.92. The van der Waals surface area contributed by atoms with Crippen molar-refractivity contribution in [3.05, 3.63) is 0 Å². The zero-order chi connectivity index (χ0) is 10.4. The molecule has 5 heteroatoms. The SMILES string of the molecule is CO[Si](NC1CCCCC1)(OC)OC. The van der Waals surface area contributed by atoms with Crippen molar-refractivity contribution in [3.63, 3.8) is 0 Å². The Balaban J connectivity index is 2.44. The molecule has 0 spiro atoms. The maximum Gasteiger partial charge on any atom is 0.596 e. The summed E-state index contributed by atoms with van der Waals surface area (Å²) in [4.78, 5) is 3.39. The Morgan fingerprint density at radius 3 is 1.86 bits per heavy atom. The Labute approximate surface area is 87.4 Å². The van der Waals surface area contributed by atoms with Crippen LogP contribution in [0.3, 0.4) is 0 Å².